The van der Waals surface area contributed by atoms with E-state index in [4.69, 9.17) is 9.72 Å². The van der Waals surface area contributed by atoms with Gasteiger partial charge in [-0.05, 0) is 41.7 Å². The summed E-state index contributed by atoms with van der Waals surface area (Å²) >= 11 is 0. The van der Waals surface area contributed by atoms with Gasteiger partial charge in [0.25, 0.3) is 0 Å². The van der Waals surface area contributed by atoms with Crippen molar-refractivity contribution < 1.29 is 9.53 Å². The number of hydrogen-bond donors (Lipinski definition) is 1. The number of carbonyl (C=O) groups is 1. The van der Waals surface area contributed by atoms with Crippen LogP contribution in [0.15, 0.2) is 48.5 Å². The minimum absolute atomic E-state index is 0.0152. The minimum atomic E-state index is -0.0152. The molecule has 3 rings (SSSR count). The summed E-state index contributed by atoms with van der Waals surface area (Å²) in [6.45, 7) is 10.2. The van der Waals surface area contributed by atoms with Crippen LogP contribution in [0.4, 0.5) is 0 Å². The molecule has 2 aromatic carbocycles. The molecule has 0 fully saturated rings. The Kier molecular flexibility index (Phi) is 6.57. The molecule has 1 N–H and O–H groups in total. The Morgan fingerprint density at radius 1 is 1.10 bits per heavy atom. The highest BCUT2D eigenvalue weighted by Crippen LogP contribution is 2.24. The molecule has 0 spiro atoms. The van der Waals surface area contributed by atoms with Gasteiger partial charge in [0.1, 0.15) is 11.6 Å². The number of ether oxygens (including phenoxy) is 1. The van der Waals surface area contributed by atoms with Crippen molar-refractivity contribution >= 4 is 16.9 Å². The van der Waals surface area contributed by atoms with Gasteiger partial charge in [-0.2, -0.15) is 0 Å². The molecule has 0 saturated carbocycles. The molecule has 0 radical (unpaired) electrons. The molecule has 0 saturated heterocycles. The molecule has 29 heavy (non-hydrogen) atoms. The van der Waals surface area contributed by atoms with Gasteiger partial charge in [0.15, 0.2) is 0 Å². The number of nitrogens with one attached hydrogen (secondary N) is 1. The summed E-state index contributed by atoms with van der Waals surface area (Å²) in [5.74, 6) is 1.88. The minimum Gasteiger partial charge on any atom is -0.494 e. The summed E-state index contributed by atoms with van der Waals surface area (Å²) < 4.78 is 8.19. The van der Waals surface area contributed by atoms with Gasteiger partial charge >= 0.3 is 0 Å². The third-order valence-corrected chi connectivity index (χ3v) is 4.97. The molecular formula is C24H31N3O2. The SMILES string of the molecule is CC(=O)NCCc1nc2ccccc2n1CCCOc1ccc(C(C)(C)C)cc1. The van der Waals surface area contributed by atoms with Crippen LogP contribution in [0.5, 0.6) is 5.75 Å². The molecule has 1 amide bonds. The Morgan fingerprint density at radius 2 is 1.83 bits per heavy atom. The van der Waals surface area contributed by atoms with Crippen LogP contribution in [-0.2, 0) is 23.2 Å². The molecule has 1 aromatic heterocycles. The van der Waals surface area contributed by atoms with E-state index in [9.17, 15) is 4.79 Å². The van der Waals surface area contributed by atoms with Crippen LogP contribution in [0, 0.1) is 0 Å². The molecule has 1 heterocycles. The van der Waals surface area contributed by atoms with Crippen molar-refractivity contribution in [1.82, 2.24) is 14.9 Å². The van der Waals surface area contributed by atoms with Crippen molar-refractivity contribution in [3.8, 4) is 5.75 Å². The highest BCUT2D eigenvalue weighted by atomic mass is 16.5. The monoisotopic (exact) mass is 393 g/mol. The number of imidazole rings is 1. The van der Waals surface area contributed by atoms with Crippen molar-refractivity contribution in [2.45, 2.75) is 52.5 Å². The summed E-state index contributed by atoms with van der Waals surface area (Å²) in [6, 6.07) is 16.5. The lowest BCUT2D eigenvalue weighted by Gasteiger charge is -2.19. The van der Waals surface area contributed by atoms with E-state index in [0.29, 0.717) is 19.6 Å². The first-order valence-electron chi connectivity index (χ1n) is 10.3. The van der Waals surface area contributed by atoms with Gasteiger partial charge in [-0.15, -0.1) is 0 Å². The van der Waals surface area contributed by atoms with Crippen LogP contribution in [0.3, 0.4) is 0 Å². The smallest absolute Gasteiger partial charge is 0.216 e. The number of fused-ring (bicyclic) bond motifs is 1. The quantitative estimate of drug-likeness (QED) is 0.574. The lowest BCUT2D eigenvalue weighted by Crippen LogP contribution is -2.23. The van der Waals surface area contributed by atoms with E-state index in [-0.39, 0.29) is 11.3 Å². The standard InChI is InChI=1S/C24H31N3O2/c1-18(28)25-15-14-23-26-21-8-5-6-9-22(21)27(23)16-7-17-29-20-12-10-19(11-13-20)24(2,3)4/h5-6,8-13H,7,14-17H2,1-4H3,(H,25,28). The van der Waals surface area contributed by atoms with Crippen molar-refractivity contribution in [2.75, 3.05) is 13.2 Å². The van der Waals surface area contributed by atoms with Crippen molar-refractivity contribution in [3.63, 3.8) is 0 Å². The first-order chi connectivity index (χ1) is 13.8. The van der Waals surface area contributed by atoms with E-state index in [2.05, 4.69) is 48.9 Å². The second-order valence-corrected chi connectivity index (χ2v) is 8.38. The fourth-order valence-electron chi connectivity index (χ4n) is 3.38. The molecule has 0 atom stereocenters. The molecule has 0 aliphatic carbocycles. The Bertz CT molecular complexity index is 952. The molecule has 154 valence electrons. The number of carbonyl (C=O) groups excluding carboxylic acids is 1. The summed E-state index contributed by atoms with van der Waals surface area (Å²) in [7, 11) is 0. The van der Waals surface area contributed by atoms with Crippen LogP contribution in [0.2, 0.25) is 0 Å². The zero-order chi connectivity index (χ0) is 20.9. The number of rotatable bonds is 8. The van der Waals surface area contributed by atoms with Gasteiger partial charge in [0, 0.05) is 26.4 Å². The molecule has 0 aliphatic heterocycles. The van der Waals surface area contributed by atoms with E-state index in [0.717, 1.165) is 35.6 Å². The maximum atomic E-state index is 11.2. The molecule has 3 aromatic rings. The number of aromatic nitrogens is 2. The Balaban J connectivity index is 1.60. The van der Waals surface area contributed by atoms with Crippen LogP contribution >= 0.6 is 0 Å². The van der Waals surface area contributed by atoms with Crippen molar-refractivity contribution in [1.29, 1.82) is 0 Å². The van der Waals surface area contributed by atoms with Crippen molar-refractivity contribution in [3.05, 3.63) is 59.9 Å². The first kappa shape index (κ1) is 20.9. The second-order valence-electron chi connectivity index (χ2n) is 8.38. The molecular weight excluding hydrogens is 362 g/mol. The van der Waals surface area contributed by atoms with E-state index in [1.165, 1.54) is 12.5 Å². The van der Waals surface area contributed by atoms with Crippen LogP contribution < -0.4 is 10.1 Å². The average molecular weight is 394 g/mol. The third-order valence-electron chi connectivity index (χ3n) is 4.97. The van der Waals surface area contributed by atoms with E-state index < -0.39 is 0 Å². The van der Waals surface area contributed by atoms with Crippen LogP contribution in [0.1, 0.15) is 45.5 Å². The Morgan fingerprint density at radius 3 is 2.52 bits per heavy atom. The zero-order valence-corrected chi connectivity index (χ0v) is 17.9. The lowest BCUT2D eigenvalue weighted by atomic mass is 9.87. The molecule has 0 unspecified atom stereocenters. The number of nitrogens with zero attached hydrogens (tertiary/aromatic N) is 2. The number of hydrogen-bond acceptors (Lipinski definition) is 3. The fraction of sp³-hybridized carbons (Fsp3) is 0.417. The zero-order valence-electron chi connectivity index (χ0n) is 17.9. The largest absolute Gasteiger partial charge is 0.494 e. The van der Waals surface area contributed by atoms with Crippen LogP contribution in [0.25, 0.3) is 11.0 Å². The maximum absolute atomic E-state index is 11.2. The van der Waals surface area contributed by atoms with E-state index in [1.807, 2.05) is 30.3 Å². The lowest BCUT2D eigenvalue weighted by molar-refractivity contribution is -0.118. The van der Waals surface area contributed by atoms with Gasteiger partial charge in [0.05, 0.1) is 17.6 Å². The van der Waals surface area contributed by atoms with E-state index in [1.54, 1.807) is 0 Å². The molecule has 0 aliphatic rings. The predicted octanol–water partition coefficient (Wildman–Crippen LogP) is 4.48. The first-order valence-corrected chi connectivity index (χ1v) is 10.3. The number of amides is 1. The predicted molar refractivity (Wildman–Crippen MR) is 117 cm³/mol. The van der Waals surface area contributed by atoms with Gasteiger partial charge in [-0.1, -0.05) is 45.0 Å². The number of para-hydroxylation sites is 2. The molecule has 0 bridgehead atoms. The van der Waals surface area contributed by atoms with Gasteiger partial charge in [-0.3, -0.25) is 4.79 Å². The summed E-state index contributed by atoms with van der Waals surface area (Å²) in [5, 5.41) is 2.85. The molecule has 5 heteroatoms. The van der Waals surface area contributed by atoms with Crippen molar-refractivity contribution in [2.24, 2.45) is 0 Å². The summed E-state index contributed by atoms with van der Waals surface area (Å²) in [4.78, 5) is 15.9. The number of aryl methyl sites for hydroxylation is 1. The topological polar surface area (TPSA) is 56.2 Å². The van der Waals surface area contributed by atoms with Gasteiger partial charge in [-0.25, -0.2) is 4.98 Å². The average Bonchev–Trinajstić information content (AvgIpc) is 3.02. The fourth-order valence-corrected chi connectivity index (χ4v) is 3.38. The molecule has 5 nitrogen and oxygen atoms in total. The highest BCUT2D eigenvalue weighted by molar-refractivity contribution is 5.76. The summed E-state index contributed by atoms with van der Waals surface area (Å²) in [5.41, 5.74) is 3.57. The van der Waals surface area contributed by atoms with Gasteiger partial charge < -0.3 is 14.6 Å². The van der Waals surface area contributed by atoms with Gasteiger partial charge in [0.2, 0.25) is 5.91 Å². The Hall–Kier alpha value is -2.82. The second kappa shape index (κ2) is 9.12. The third kappa shape index (κ3) is 5.59. The normalized spacial score (nSPS) is 11.6. The number of benzene rings is 2. The van der Waals surface area contributed by atoms with E-state index >= 15 is 0 Å². The summed E-state index contributed by atoms with van der Waals surface area (Å²) in [6.07, 6.45) is 1.60. The van der Waals surface area contributed by atoms with Crippen LogP contribution in [-0.4, -0.2) is 28.6 Å². The maximum Gasteiger partial charge on any atom is 0.216 e. The highest BCUT2D eigenvalue weighted by Gasteiger charge is 2.13. The Labute approximate surface area is 173 Å².